The first kappa shape index (κ1) is 23.2. The first-order valence-electron chi connectivity index (χ1n) is 11.1. The molecule has 2 aromatic carbocycles. The number of carbonyl (C=O) groups is 3. The van der Waals surface area contributed by atoms with Crippen LogP contribution < -0.4 is 5.32 Å². The van der Waals surface area contributed by atoms with Gasteiger partial charge in [0.2, 0.25) is 5.91 Å². The Morgan fingerprint density at radius 3 is 2.26 bits per heavy atom. The number of halogens is 1. The molecule has 34 heavy (non-hydrogen) atoms. The Kier molecular flexibility index (Phi) is 7.01. The van der Waals surface area contributed by atoms with E-state index < -0.39 is 6.67 Å². The van der Waals surface area contributed by atoms with Crippen molar-refractivity contribution in [3.63, 3.8) is 0 Å². The monoisotopic (exact) mass is 463 g/mol. The minimum absolute atomic E-state index is 0.145. The van der Waals surface area contributed by atoms with Crippen molar-refractivity contribution in [3.8, 4) is 5.69 Å². The van der Waals surface area contributed by atoms with Crippen molar-refractivity contribution in [1.82, 2.24) is 24.9 Å². The zero-order valence-electron chi connectivity index (χ0n) is 18.9. The van der Waals surface area contributed by atoms with Crippen molar-refractivity contribution >= 4 is 17.7 Å². The van der Waals surface area contributed by atoms with E-state index in [0.29, 0.717) is 48.6 Å². The topological polar surface area (TPSA) is 87.5 Å². The molecule has 0 atom stereocenters. The van der Waals surface area contributed by atoms with Crippen molar-refractivity contribution in [1.29, 1.82) is 0 Å². The Morgan fingerprint density at radius 1 is 0.912 bits per heavy atom. The van der Waals surface area contributed by atoms with Gasteiger partial charge in [0, 0.05) is 31.7 Å². The molecular formula is C25H26FN5O3. The van der Waals surface area contributed by atoms with E-state index in [2.05, 4.69) is 10.4 Å². The maximum atomic E-state index is 13.2. The maximum Gasteiger partial charge on any atom is 0.255 e. The van der Waals surface area contributed by atoms with Crippen molar-refractivity contribution in [2.45, 2.75) is 13.6 Å². The molecule has 8 nitrogen and oxygen atoms in total. The highest BCUT2D eigenvalue weighted by atomic mass is 19.1. The summed E-state index contributed by atoms with van der Waals surface area (Å²) < 4.78 is 14.9. The molecule has 1 N–H and O–H groups in total. The lowest BCUT2D eigenvalue weighted by atomic mass is 10.1. The van der Waals surface area contributed by atoms with Gasteiger partial charge < -0.3 is 15.1 Å². The first-order chi connectivity index (χ1) is 16.5. The number of amides is 3. The fraction of sp³-hybridized carbons (Fsp3) is 0.280. The summed E-state index contributed by atoms with van der Waals surface area (Å²) >= 11 is 0. The number of hydrogen-bond acceptors (Lipinski definition) is 4. The van der Waals surface area contributed by atoms with Gasteiger partial charge in [0.05, 0.1) is 29.7 Å². The van der Waals surface area contributed by atoms with Gasteiger partial charge in [-0.15, -0.1) is 0 Å². The van der Waals surface area contributed by atoms with Gasteiger partial charge in [-0.1, -0.05) is 36.4 Å². The van der Waals surface area contributed by atoms with Crippen LogP contribution in [0.15, 0.2) is 60.8 Å². The van der Waals surface area contributed by atoms with Crippen LogP contribution in [0.3, 0.4) is 0 Å². The summed E-state index contributed by atoms with van der Waals surface area (Å²) in [5, 5.41) is 6.96. The number of hydrogen-bond donors (Lipinski definition) is 1. The van der Waals surface area contributed by atoms with E-state index in [4.69, 9.17) is 0 Å². The molecule has 0 spiro atoms. The summed E-state index contributed by atoms with van der Waals surface area (Å²) in [7, 11) is 0. The molecule has 0 bridgehead atoms. The second-order valence-electron chi connectivity index (χ2n) is 8.04. The second kappa shape index (κ2) is 10.3. The third-order valence-electron chi connectivity index (χ3n) is 5.97. The van der Waals surface area contributed by atoms with Gasteiger partial charge in [-0.05, 0) is 30.7 Å². The van der Waals surface area contributed by atoms with Gasteiger partial charge in [0.25, 0.3) is 11.8 Å². The van der Waals surface area contributed by atoms with E-state index in [-0.39, 0.29) is 24.3 Å². The van der Waals surface area contributed by atoms with E-state index in [1.165, 1.54) is 6.20 Å². The number of para-hydroxylation sites is 1. The highest BCUT2D eigenvalue weighted by Crippen LogP contribution is 2.16. The average molecular weight is 464 g/mol. The van der Waals surface area contributed by atoms with Crippen molar-refractivity contribution in [3.05, 3.63) is 83.2 Å². The summed E-state index contributed by atoms with van der Waals surface area (Å²) in [6.07, 6.45) is 1.49. The van der Waals surface area contributed by atoms with Gasteiger partial charge in [-0.3, -0.25) is 14.4 Å². The summed E-state index contributed by atoms with van der Waals surface area (Å²) in [5.74, 6) is -0.832. The maximum absolute atomic E-state index is 13.2. The predicted octanol–water partition coefficient (Wildman–Crippen LogP) is 2.36. The lowest BCUT2D eigenvalue weighted by Crippen LogP contribution is -2.52. The van der Waals surface area contributed by atoms with Crippen LogP contribution in [0.2, 0.25) is 0 Å². The molecule has 0 radical (unpaired) electrons. The molecule has 0 saturated carbocycles. The van der Waals surface area contributed by atoms with Crippen LogP contribution in [0.1, 0.15) is 32.0 Å². The molecule has 1 fully saturated rings. The van der Waals surface area contributed by atoms with Crippen LogP contribution in [0, 0.1) is 6.92 Å². The predicted molar refractivity (Wildman–Crippen MR) is 124 cm³/mol. The quantitative estimate of drug-likeness (QED) is 0.608. The molecule has 3 amide bonds. The average Bonchev–Trinajstić information content (AvgIpc) is 3.28. The highest BCUT2D eigenvalue weighted by molar-refractivity contribution is 5.97. The van der Waals surface area contributed by atoms with E-state index in [0.717, 1.165) is 5.69 Å². The minimum Gasteiger partial charge on any atom is -0.343 e. The van der Waals surface area contributed by atoms with Crippen LogP contribution in [-0.4, -0.2) is 70.0 Å². The van der Waals surface area contributed by atoms with Gasteiger partial charge in [-0.2, -0.15) is 5.10 Å². The Labute approximate surface area is 197 Å². The Bertz CT molecular complexity index is 1190. The molecule has 1 aliphatic rings. The smallest absolute Gasteiger partial charge is 0.255 e. The number of nitrogens with zero attached hydrogens (tertiary/aromatic N) is 4. The number of aromatic nitrogens is 2. The zero-order chi connectivity index (χ0) is 24.1. The molecule has 9 heteroatoms. The van der Waals surface area contributed by atoms with Crippen LogP contribution in [0.25, 0.3) is 5.69 Å². The number of piperazine rings is 1. The third-order valence-corrected chi connectivity index (χ3v) is 5.97. The fourth-order valence-corrected chi connectivity index (χ4v) is 4.00. The van der Waals surface area contributed by atoms with Crippen molar-refractivity contribution in [2.75, 3.05) is 32.7 Å². The summed E-state index contributed by atoms with van der Waals surface area (Å²) in [5.41, 5.74) is 2.63. The Morgan fingerprint density at radius 2 is 1.56 bits per heavy atom. The Hall–Kier alpha value is -4.01. The van der Waals surface area contributed by atoms with Gasteiger partial charge in [0.1, 0.15) is 6.67 Å². The second-order valence-corrected chi connectivity index (χ2v) is 8.04. The van der Waals surface area contributed by atoms with Crippen LogP contribution in [0.4, 0.5) is 4.39 Å². The minimum atomic E-state index is -0.705. The largest absolute Gasteiger partial charge is 0.343 e. The summed E-state index contributed by atoms with van der Waals surface area (Å²) in [6.45, 7) is 2.35. The van der Waals surface area contributed by atoms with E-state index >= 15 is 0 Å². The van der Waals surface area contributed by atoms with Gasteiger partial charge >= 0.3 is 0 Å². The van der Waals surface area contributed by atoms with Crippen molar-refractivity contribution in [2.24, 2.45) is 0 Å². The first-order valence-corrected chi connectivity index (χ1v) is 11.1. The molecule has 1 aromatic heterocycles. The third kappa shape index (κ3) is 4.83. The SMILES string of the molecule is Cc1c(C(=O)NCC(=O)N2CCN(C(=O)c3ccccc3CF)CC2)cnn1-c1ccccc1. The normalized spacial score (nSPS) is 13.6. The molecule has 2 heterocycles. The number of alkyl halides is 1. The molecule has 1 saturated heterocycles. The zero-order valence-corrected chi connectivity index (χ0v) is 18.9. The molecule has 4 rings (SSSR count). The molecule has 1 aliphatic heterocycles. The number of carbonyl (C=O) groups excluding carboxylic acids is 3. The number of nitrogens with one attached hydrogen (secondary N) is 1. The van der Waals surface area contributed by atoms with Crippen LogP contribution >= 0.6 is 0 Å². The molecule has 0 aliphatic carbocycles. The van der Waals surface area contributed by atoms with Gasteiger partial charge in [0.15, 0.2) is 0 Å². The molecule has 176 valence electrons. The van der Waals surface area contributed by atoms with E-state index in [1.807, 2.05) is 30.3 Å². The number of benzene rings is 2. The molecular weight excluding hydrogens is 437 g/mol. The van der Waals surface area contributed by atoms with Crippen LogP contribution in [-0.2, 0) is 11.5 Å². The molecule has 0 unspecified atom stereocenters. The van der Waals surface area contributed by atoms with Crippen LogP contribution in [0.5, 0.6) is 0 Å². The summed E-state index contributed by atoms with van der Waals surface area (Å²) in [4.78, 5) is 41.3. The Balaban J connectivity index is 1.30. The lowest BCUT2D eigenvalue weighted by Gasteiger charge is -2.35. The standard InChI is InChI=1S/C25H26FN5O3/c1-18-22(16-28-31(18)20-8-3-2-4-9-20)24(33)27-17-23(32)29-11-13-30(14-12-29)25(34)21-10-6-5-7-19(21)15-26/h2-10,16H,11-15,17H2,1H3,(H,27,33). The molecule has 3 aromatic rings. The lowest BCUT2D eigenvalue weighted by molar-refractivity contribution is -0.131. The van der Waals surface area contributed by atoms with E-state index in [9.17, 15) is 18.8 Å². The number of rotatable bonds is 6. The van der Waals surface area contributed by atoms with Crippen molar-refractivity contribution < 1.29 is 18.8 Å². The highest BCUT2D eigenvalue weighted by Gasteiger charge is 2.26. The fourth-order valence-electron chi connectivity index (χ4n) is 4.00. The van der Waals surface area contributed by atoms with E-state index in [1.54, 1.807) is 45.7 Å². The van der Waals surface area contributed by atoms with Gasteiger partial charge in [-0.25, -0.2) is 9.07 Å². The summed E-state index contributed by atoms with van der Waals surface area (Å²) in [6, 6.07) is 16.1.